The van der Waals surface area contributed by atoms with Crippen LogP contribution in [0.1, 0.15) is 44.4 Å². The fourth-order valence-electron chi connectivity index (χ4n) is 2.45. The Bertz CT molecular complexity index is 910. The SMILES string of the molecule is CC(C)Oc1cc(OC(C)C)c(C#N)c(Sc2ccc(C(F)(F)F)cc2)c1C#N. The van der Waals surface area contributed by atoms with Gasteiger partial charge in [0.15, 0.2) is 0 Å². The summed E-state index contributed by atoms with van der Waals surface area (Å²) in [4.78, 5) is 0.728. The molecule has 0 saturated heterocycles. The minimum atomic E-state index is -4.44. The Morgan fingerprint density at radius 1 is 0.862 bits per heavy atom. The first-order valence-corrected chi connectivity index (χ1v) is 9.58. The maximum atomic E-state index is 12.8. The van der Waals surface area contributed by atoms with Crippen LogP contribution in [0.15, 0.2) is 40.1 Å². The number of hydrogen-bond donors (Lipinski definition) is 0. The van der Waals surface area contributed by atoms with Gasteiger partial charge in [-0.15, -0.1) is 0 Å². The zero-order chi connectivity index (χ0) is 21.8. The van der Waals surface area contributed by atoms with Gasteiger partial charge in [-0.1, -0.05) is 11.8 Å². The number of nitrogens with zero attached hydrogens (tertiary/aromatic N) is 2. The van der Waals surface area contributed by atoms with Gasteiger partial charge in [-0.3, -0.25) is 0 Å². The van der Waals surface area contributed by atoms with Crippen molar-refractivity contribution in [3.05, 3.63) is 47.0 Å². The molecule has 0 radical (unpaired) electrons. The van der Waals surface area contributed by atoms with Crippen LogP contribution in [0.25, 0.3) is 0 Å². The van der Waals surface area contributed by atoms with Gasteiger partial charge in [0.05, 0.1) is 22.7 Å². The number of halogens is 3. The summed E-state index contributed by atoms with van der Waals surface area (Å²) >= 11 is 1.02. The lowest BCUT2D eigenvalue weighted by molar-refractivity contribution is -0.137. The molecule has 0 aliphatic heterocycles. The smallest absolute Gasteiger partial charge is 0.416 e. The van der Waals surface area contributed by atoms with Crippen LogP contribution < -0.4 is 9.47 Å². The Labute approximate surface area is 171 Å². The van der Waals surface area contributed by atoms with E-state index in [4.69, 9.17) is 9.47 Å². The van der Waals surface area contributed by atoms with Gasteiger partial charge in [0.1, 0.15) is 34.8 Å². The molecular weight excluding hydrogens is 401 g/mol. The molecule has 4 nitrogen and oxygen atoms in total. The van der Waals surface area contributed by atoms with E-state index in [0.29, 0.717) is 4.90 Å². The topological polar surface area (TPSA) is 66.0 Å². The summed E-state index contributed by atoms with van der Waals surface area (Å²) < 4.78 is 49.9. The van der Waals surface area contributed by atoms with Crippen molar-refractivity contribution in [1.82, 2.24) is 0 Å². The van der Waals surface area contributed by atoms with Gasteiger partial charge in [0, 0.05) is 11.0 Å². The molecule has 0 aliphatic rings. The fourth-order valence-corrected chi connectivity index (χ4v) is 3.45. The van der Waals surface area contributed by atoms with Crippen LogP contribution in [0.4, 0.5) is 13.2 Å². The van der Waals surface area contributed by atoms with Gasteiger partial charge in [-0.2, -0.15) is 23.7 Å². The van der Waals surface area contributed by atoms with Crippen LogP contribution in [0, 0.1) is 22.7 Å². The van der Waals surface area contributed by atoms with Crippen molar-refractivity contribution in [3.63, 3.8) is 0 Å². The lowest BCUT2D eigenvalue weighted by Crippen LogP contribution is -2.11. The van der Waals surface area contributed by atoms with Crippen molar-refractivity contribution in [2.75, 3.05) is 0 Å². The van der Waals surface area contributed by atoms with Crippen LogP contribution in [0.2, 0.25) is 0 Å². The Morgan fingerprint density at radius 3 is 1.66 bits per heavy atom. The van der Waals surface area contributed by atoms with Crippen molar-refractivity contribution in [2.24, 2.45) is 0 Å². The van der Waals surface area contributed by atoms with Crippen molar-refractivity contribution >= 4 is 11.8 Å². The van der Waals surface area contributed by atoms with E-state index in [-0.39, 0.29) is 39.7 Å². The highest BCUT2D eigenvalue weighted by atomic mass is 32.2. The van der Waals surface area contributed by atoms with Crippen LogP contribution >= 0.6 is 11.8 Å². The van der Waals surface area contributed by atoms with E-state index in [1.165, 1.54) is 18.2 Å². The Kier molecular flexibility index (Phi) is 7.05. The lowest BCUT2D eigenvalue weighted by Gasteiger charge is -2.19. The summed E-state index contributed by atoms with van der Waals surface area (Å²) in [5.74, 6) is 0.512. The standard InChI is InChI=1S/C21H19F3N2O2S/c1-12(2)27-18-9-19(28-13(3)4)17(11-26)20(16(18)10-25)29-15-7-5-14(6-8-15)21(22,23)24/h5-9,12-13H,1-4H3. The first-order chi connectivity index (χ1) is 13.6. The minimum absolute atomic E-state index is 0.135. The van der Waals surface area contributed by atoms with Gasteiger partial charge < -0.3 is 9.47 Å². The average Bonchev–Trinajstić information content (AvgIpc) is 2.60. The largest absolute Gasteiger partial charge is 0.489 e. The van der Waals surface area contributed by atoms with Crippen LogP contribution in [-0.2, 0) is 6.18 Å². The number of alkyl halides is 3. The van der Waals surface area contributed by atoms with E-state index >= 15 is 0 Å². The molecule has 0 amide bonds. The van der Waals surface area contributed by atoms with Gasteiger partial charge in [0.2, 0.25) is 0 Å². The number of benzene rings is 2. The molecule has 0 N–H and O–H groups in total. The molecule has 0 aromatic heterocycles. The minimum Gasteiger partial charge on any atom is -0.489 e. The molecule has 2 aromatic rings. The predicted molar refractivity (Wildman–Crippen MR) is 103 cm³/mol. The van der Waals surface area contributed by atoms with Crippen LogP contribution in [-0.4, -0.2) is 12.2 Å². The third-order valence-corrected chi connectivity index (χ3v) is 4.68. The number of nitriles is 2. The number of rotatable bonds is 6. The van der Waals surface area contributed by atoms with Gasteiger partial charge in [0.25, 0.3) is 0 Å². The van der Waals surface area contributed by atoms with Crippen molar-refractivity contribution in [3.8, 4) is 23.6 Å². The molecule has 2 aromatic carbocycles. The van der Waals surface area contributed by atoms with Crippen LogP contribution in [0.3, 0.4) is 0 Å². The third kappa shape index (κ3) is 5.58. The first kappa shape index (κ1) is 22.4. The van der Waals surface area contributed by atoms with E-state index in [9.17, 15) is 23.7 Å². The van der Waals surface area contributed by atoms with E-state index in [1.807, 2.05) is 12.1 Å². The second kappa shape index (κ2) is 9.11. The molecule has 0 saturated carbocycles. The third-order valence-electron chi connectivity index (χ3n) is 3.56. The average molecular weight is 420 g/mol. The summed E-state index contributed by atoms with van der Waals surface area (Å²) in [7, 11) is 0. The molecule has 0 bridgehead atoms. The molecule has 0 aliphatic carbocycles. The van der Waals surface area contributed by atoms with Crippen molar-refractivity contribution < 1.29 is 22.6 Å². The van der Waals surface area contributed by atoms with Crippen LogP contribution in [0.5, 0.6) is 11.5 Å². The quantitative estimate of drug-likeness (QED) is 0.559. The summed E-state index contributed by atoms with van der Waals surface area (Å²) in [5, 5.41) is 19.4. The molecule has 0 fully saturated rings. The molecule has 0 spiro atoms. The molecule has 8 heteroatoms. The van der Waals surface area contributed by atoms with Crippen molar-refractivity contribution in [1.29, 1.82) is 10.5 Å². The zero-order valence-corrected chi connectivity index (χ0v) is 17.1. The summed E-state index contributed by atoms with van der Waals surface area (Å²) in [6, 6.07) is 10.1. The van der Waals surface area contributed by atoms with Crippen molar-refractivity contribution in [2.45, 2.75) is 55.9 Å². The predicted octanol–water partition coefficient (Wildman–Crippen LogP) is 6.17. The van der Waals surface area contributed by atoms with E-state index in [2.05, 4.69) is 0 Å². The maximum Gasteiger partial charge on any atom is 0.416 e. The molecular formula is C21H19F3N2O2S. The van der Waals surface area contributed by atoms with E-state index in [1.54, 1.807) is 27.7 Å². The molecule has 0 heterocycles. The molecule has 0 atom stereocenters. The zero-order valence-electron chi connectivity index (χ0n) is 16.3. The summed E-state index contributed by atoms with van der Waals surface area (Å²) in [6.07, 6.45) is -4.90. The Morgan fingerprint density at radius 2 is 1.31 bits per heavy atom. The molecule has 29 heavy (non-hydrogen) atoms. The molecule has 2 rings (SSSR count). The maximum absolute atomic E-state index is 12.8. The number of ether oxygens (including phenoxy) is 2. The van der Waals surface area contributed by atoms with Gasteiger partial charge in [-0.05, 0) is 52.0 Å². The highest BCUT2D eigenvalue weighted by molar-refractivity contribution is 7.99. The molecule has 0 unspecified atom stereocenters. The number of hydrogen-bond acceptors (Lipinski definition) is 5. The summed E-state index contributed by atoms with van der Waals surface area (Å²) in [5.41, 5.74) is -0.504. The monoisotopic (exact) mass is 420 g/mol. The first-order valence-electron chi connectivity index (χ1n) is 8.76. The highest BCUT2D eigenvalue weighted by Gasteiger charge is 2.30. The second-order valence-electron chi connectivity index (χ2n) is 6.63. The fraction of sp³-hybridized carbons (Fsp3) is 0.333. The van der Waals surface area contributed by atoms with Gasteiger partial charge in [-0.25, -0.2) is 0 Å². The van der Waals surface area contributed by atoms with Gasteiger partial charge >= 0.3 is 6.18 Å². The van der Waals surface area contributed by atoms with E-state index < -0.39 is 11.7 Å². The second-order valence-corrected chi connectivity index (χ2v) is 7.72. The lowest BCUT2D eigenvalue weighted by atomic mass is 10.1. The normalized spacial score (nSPS) is 11.3. The summed E-state index contributed by atoms with van der Waals surface area (Å²) in [6.45, 7) is 7.19. The van der Waals surface area contributed by atoms with E-state index in [0.717, 1.165) is 23.9 Å². The Hall–Kier alpha value is -2.84. The molecule has 152 valence electrons. The highest BCUT2D eigenvalue weighted by Crippen LogP contribution is 2.43. The Balaban J connectivity index is 2.61.